The number of H-pyrrole nitrogens is 1. The van der Waals surface area contributed by atoms with E-state index in [1.165, 1.54) is 23.9 Å². The summed E-state index contributed by atoms with van der Waals surface area (Å²) >= 11 is 1.49. The van der Waals surface area contributed by atoms with E-state index in [-0.39, 0.29) is 6.42 Å². The van der Waals surface area contributed by atoms with Crippen LogP contribution in [0.2, 0.25) is 0 Å². The van der Waals surface area contributed by atoms with Gasteiger partial charge in [0.25, 0.3) is 0 Å². The molecular weight excluding hydrogens is 294 g/mol. The number of hydrogen-bond acceptors (Lipinski definition) is 5. The molecule has 2 rings (SSSR count). The summed E-state index contributed by atoms with van der Waals surface area (Å²) in [4.78, 5) is 33.5. The molecule has 0 fully saturated rings. The molecule has 4 N–H and O–H groups in total. The Morgan fingerprint density at radius 2 is 2.33 bits per heavy atom. The molecule has 0 spiro atoms. The molecule has 2 amide bonds. The number of aromatic amines is 1. The summed E-state index contributed by atoms with van der Waals surface area (Å²) in [6.45, 7) is 0.395. The zero-order valence-electron chi connectivity index (χ0n) is 11.1. The highest BCUT2D eigenvalue weighted by molar-refractivity contribution is 7.07. The number of thiazole rings is 1. The number of hydrogen-bond donors (Lipinski definition) is 4. The Morgan fingerprint density at radius 3 is 2.95 bits per heavy atom. The van der Waals surface area contributed by atoms with Gasteiger partial charge in [-0.3, -0.25) is 0 Å². The fourth-order valence-corrected chi connectivity index (χ4v) is 2.28. The average Bonchev–Trinajstić information content (AvgIpc) is 3.10. The Balaban J connectivity index is 1.76. The van der Waals surface area contributed by atoms with Crippen molar-refractivity contribution >= 4 is 23.3 Å². The van der Waals surface area contributed by atoms with Crippen LogP contribution >= 0.6 is 11.3 Å². The molecule has 1 atom stereocenters. The molecule has 9 heteroatoms. The first-order valence-corrected chi connectivity index (χ1v) is 7.21. The maximum absolute atomic E-state index is 11.7. The van der Waals surface area contributed by atoms with E-state index >= 15 is 0 Å². The fraction of sp³-hybridized carbons (Fsp3) is 0.333. The molecule has 8 nitrogen and oxygen atoms in total. The smallest absolute Gasteiger partial charge is 0.326 e. The summed E-state index contributed by atoms with van der Waals surface area (Å²) < 4.78 is 0. The number of urea groups is 1. The van der Waals surface area contributed by atoms with Crippen LogP contribution in [-0.2, 0) is 17.6 Å². The van der Waals surface area contributed by atoms with Crippen molar-refractivity contribution in [3.8, 4) is 0 Å². The quantitative estimate of drug-likeness (QED) is 0.590. The molecular formula is C12H15N5O3S. The van der Waals surface area contributed by atoms with Crippen LogP contribution in [0.25, 0.3) is 0 Å². The van der Waals surface area contributed by atoms with E-state index in [1.807, 2.05) is 5.38 Å². The number of aromatic nitrogens is 3. The highest BCUT2D eigenvalue weighted by Gasteiger charge is 2.20. The molecule has 0 radical (unpaired) electrons. The zero-order chi connectivity index (χ0) is 15.1. The predicted molar refractivity (Wildman–Crippen MR) is 76.1 cm³/mol. The summed E-state index contributed by atoms with van der Waals surface area (Å²) in [6, 6.07) is -1.53. The van der Waals surface area contributed by atoms with Gasteiger partial charge in [0, 0.05) is 36.7 Å². The van der Waals surface area contributed by atoms with Gasteiger partial charge in [0.15, 0.2) is 0 Å². The number of carbonyl (C=O) groups is 2. The number of amides is 2. The summed E-state index contributed by atoms with van der Waals surface area (Å²) in [6.07, 6.45) is 3.74. The van der Waals surface area contributed by atoms with Crippen LogP contribution in [0, 0.1) is 0 Å². The van der Waals surface area contributed by atoms with Crippen LogP contribution in [-0.4, -0.2) is 44.6 Å². The Bertz CT molecular complexity index is 570. The number of imidazole rings is 1. The fourth-order valence-electron chi connectivity index (χ4n) is 1.69. The Kier molecular flexibility index (Phi) is 5.27. The first-order chi connectivity index (χ1) is 10.1. The lowest BCUT2D eigenvalue weighted by Gasteiger charge is -2.14. The van der Waals surface area contributed by atoms with Crippen molar-refractivity contribution in [1.82, 2.24) is 25.6 Å². The number of aliphatic carboxylic acids is 1. The molecule has 2 aromatic heterocycles. The van der Waals surface area contributed by atoms with Crippen LogP contribution < -0.4 is 10.6 Å². The number of rotatable bonds is 7. The van der Waals surface area contributed by atoms with Gasteiger partial charge in [-0.15, -0.1) is 11.3 Å². The lowest BCUT2D eigenvalue weighted by Crippen LogP contribution is -2.47. The third-order valence-corrected chi connectivity index (χ3v) is 3.37. The Morgan fingerprint density at radius 1 is 1.48 bits per heavy atom. The Labute approximate surface area is 124 Å². The molecule has 0 aromatic carbocycles. The normalized spacial score (nSPS) is 11.8. The predicted octanol–water partition coefficient (Wildman–Crippen LogP) is 0.404. The minimum Gasteiger partial charge on any atom is -0.480 e. The standard InChI is InChI=1S/C12H15N5O3S/c18-11(19)10(3-9-4-13-6-15-9)17-12(20)14-2-1-8-5-21-7-16-8/h4-7,10H,1-3H2,(H,13,15)(H,18,19)(H2,14,17,20). The lowest BCUT2D eigenvalue weighted by molar-refractivity contribution is -0.139. The third kappa shape index (κ3) is 4.88. The molecule has 0 bridgehead atoms. The van der Waals surface area contributed by atoms with Gasteiger partial charge in [0.2, 0.25) is 0 Å². The molecule has 0 aliphatic rings. The molecule has 0 aliphatic heterocycles. The number of nitrogens with zero attached hydrogens (tertiary/aromatic N) is 2. The molecule has 2 aromatic rings. The van der Waals surface area contributed by atoms with E-state index in [0.29, 0.717) is 18.7 Å². The monoisotopic (exact) mass is 309 g/mol. The van der Waals surface area contributed by atoms with Gasteiger partial charge >= 0.3 is 12.0 Å². The highest BCUT2D eigenvalue weighted by atomic mass is 32.1. The van der Waals surface area contributed by atoms with Crippen molar-refractivity contribution in [3.05, 3.63) is 34.8 Å². The summed E-state index contributed by atoms with van der Waals surface area (Å²) in [5.74, 6) is -1.10. The summed E-state index contributed by atoms with van der Waals surface area (Å²) in [5, 5.41) is 16.0. The van der Waals surface area contributed by atoms with E-state index in [4.69, 9.17) is 5.11 Å². The van der Waals surface area contributed by atoms with Crippen LogP contribution in [0.5, 0.6) is 0 Å². The molecule has 0 aliphatic carbocycles. The van der Waals surface area contributed by atoms with Gasteiger partial charge in [-0.25, -0.2) is 19.6 Å². The second-order valence-electron chi connectivity index (χ2n) is 4.30. The molecule has 0 saturated heterocycles. The largest absolute Gasteiger partial charge is 0.480 e. The van der Waals surface area contributed by atoms with Gasteiger partial charge in [0.05, 0.1) is 17.5 Å². The maximum Gasteiger partial charge on any atom is 0.326 e. The second-order valence-corrected chi connectivity index (χ2v) is 5.02. The minimum atomic E-state index is -1.10. The van der Waals surface area contributed by atoms with Crippen molar-refractivity contribution in [2.24, 2.45) is 0 Å². The second kappa shape index (κ2) is 7.39. The third-order valence-electron chi connectivity index (χ3n) is 2.73. The van der Waals surface area contributed by atoms with Crippen molar-refractivity contribution in [1.29, 1.82) is 0 Å². The molecule has 1 unspecified atom stereocenters. The summed E-state index contributed by atoms with van der Waals surface area (Å²) in [5.41, 5.74) is 3.26. The lowest BCUT2D eigenvalue weighted by atomic mass is 10.2. The number of carbonyl (C=O) groups excluding carboxylic acids is 1. The SMILES string of the molecule is O=C(NCCc1cscn1)NC(Cc1cnc[nH]1)C(=O)O. The van der Waals surface area contributed by atoms with Crippen molar-refractivity contribution in [2.75, 3.05) is 6.54 Å². The number of carboxylic acids is 1. The number of carboxylic acid groups (broad SMARTS) is 1. The molecule has 21 heavy (non-hydrogen) atoms. The maximum atomic E-state index is 11.7. The van der Waals surface area contributed by atoms with E-state index in [2.05, 4.69) is 25.6 Å². The topological polar surface area (TPSA) is 120 Å². The van der Waals surface area contributed by atoms with Crippen LogP contribution in [0.15, 0.2) is 23.4 Å². The van der Waals surface area contributed by atoms with E-state index in [1.54, 1.807) is 5.51 Å². The summed E-state index contributed by atoms with van der Waals surface area (Å²) in [7, 11) is 0. The first-order valence-electron chi connectivity index (χ1n) is 6.26. The van der Waals surface area contributed by atoms with Gasteiger partial charge < -0.3 is 20.7 Å². The molecule has 2 heterocycles. The minimum absolute atomic E-state index is 0.148. The Hall–Kier alpha value is -2.42. The van der Waals surface area contributed by atoms with Crippen LogP contribution in [0.1, 0.15) is 11.4 Å². The van der Waals surface area contributed by atoms with Gasteiger partial charge in [-0.2, -0.15) is 0 Å². The van der Waals surface area contributed by atoms with E-state index in [9.17, 15) is 9.59 Å². The van der Waals surface area contributed by atoms with Crippen LogP contribution in [0.4, 0.5) is 4.79 Å². The first kappa shape index (κ1) is 15.0. The zero-order valence-corrected chi connectivity index (χ0v) is 11.9. The average molecular weight is 309 g/mol. The molecule has 0 saturated carbocycles. The van der Waals surface area contributed by atoms with Crippen molar-refractivity contribution < 1.29 is 14.7 Å². The van der Waals surface area contributed by atoms with Crippen molar-refractivity contribution in [3.63, 3.8) is 0 Å². The molecule has 112 valence electrons. The highest BCUT2D eigenvalue weighted by Crippen LogP contribution is 2.01. The van der Waals surface area contributed by atoms with Gasteiger partial charge in [-0.1, -0.05) is 0 Å². The van der Waals surface area contributed by atoms with E-state index < -0.39 is 18.0 Å². The van der Waals surface area contributed by atoms with Gasteiger partial charge in [-0.05, 0) is 0 Å². The van der Waals surface area contributed by atoms with Crippen molar-refractivity contribution in [2.45, 2.75) is 18.9 Å². The number of nitrogens with one attached hydrogen (secondary N) is 3. The van der Waals surface area contributed by atoms with E-state index in [0.717, 1.165) is 5.69 Å². The van der Waals surface area contributed by atoms with Gasteiger partial charge in [0.1, 0.15) is 6.04 Å². The van der Waals surface area contributed by atoms with Crippen LogP contribution in [0.3, 0.4) is 0 Å².